The summed E-state index contributed by atoms with van der Waals surface area (Å²) in [5.41, 5.74) is 7.12. The minimum Gasteiger partial charge on any atom is -0.375 e. The van der Waals surface area contributed by atoms with Crippen LogP contribution in [0.4, 0.5) is 16.5 Å². The normalized spacial score (nSPS) is 19.4. The first-order chi connectivity index (χ1) is 9.56. The Hall–Kier alpha value is -1.89. The first-order valence-corrected chi connectivity index (χ1v) is 7.49. The summed E-state index contributed by atoms with van der Waals surface area (Å²) in [6.45, 7) is 2.98. The Kier molecular flexibility index (Phi) is 3.21. The number of nitro benzene ring substituents is 1. The van der Waals surface area contributed by atoms with Crippen molar-refractivity contribution in [3.05, 3.63) is 22.2 Å². The lowest BCUT2D eigenvalue weighted by molar-refractivity contribution is -0.384. The van der Waals surface area contributed by atoms with E-state index < -0.39 is 0 Å². The van der Waals surface area contributed by atoms with Gasteiger partial charge in [-0.1, -0.05) is 11.3 Å². The highest BCUT2D eigenvalue weighted by Crippen LogP contribution is 2.38. The topological polar surface area (TPSA) is 85.3 Å². The number of nitro groups is 1. The maximum Gasteiger partial charge on any atom is 0.294 e. The quantitative estimate of drug-likeness (QED) is 0.678. The van der Waals surface area contributed by atoms with E-state index in [9.17, 15) is 10.1 Å². The fourth-order valence-electron chi connectivity index (χ4n) is 2.80. The van der Waals surface area contributed by atoms with Crippen molar-refractivity contribution in [3.63, 3.8) is 0 Å². The number of hydrogen-bond donors (Lipinski definition) is 1. The number of piperidine rings is 1. The molecule has 6 nitrogen and oxygen atoms in total. The average Bonchev–Trinajstić information content (AvgIpc) is 2.77. The number of anilines is 2. The molecule has 1 saturated heterocycles. The van der Waals surface area contributed by atoms with Crippen molar-refractivity contribution in [1.29, 1.82) is 0 Å². The highest BCUT2D eigenvalue weighted by molar-refractivity contribution is 7.22. The van der Waals surface area contributed by atoms with Crippen molar-refractivity contribution in [2.75, 3.05) is 17.2 Å². The Labute approximate surface area is 120 Å². The first-order valence-electron chi connectivity index (χ1n) is 6.67. The minimum absolute atomic E-state index is 0.122. The van der Waals surface area contributed by atoms with Crippen LogP contribution in [0.1, 0.15) is 26.2 Å². The molecule has 0 bridgehead atoms. The van der Waals surface area contributed by atoms with Crippen molar-refractivity contribution < 1.29 is 4.92 Å². The standard InChI is InChI=1S/C13H16N4O2S/c1-8-4-2-3-5-16(8)10-7-12-9(15-13(14)20-12)6-11(10)17(18)19/h6-8H,2-5H2,1H3,(H2,14,15). The molecule has 0 radical (unpaired) electrons. The van der Waals surface area contributed by atoms with Crippen LogP contribution in [0.3, 0.4) is 0 Å². The number of hydrogen-bond acceptors (Lipinski definition) is 6. The van der Waals surface area contributed by atoms with Crippen molar-refractivity contribution in [3.8, 4) is 0 Å². The van der Waals surface area contributed by atoms with Crippen LogP contribution in [0.2, 0.25) is 0 Å². The van der Waals surface area contributed by atoms with E-state index in [-0.39, 0.29) is 10.6 Å². The van der Waals surface area contributed by atoms with Gasteiger partial charge >= 0.3 is 0 Å². The van der Waals surface area contributed by atoms with Gasteiger partial charge in [0.2, 0.25) is 0 Å². The van der Waals surface area contributed by atoms with E-state index in [1.807, 2.05) is 6.07 Å². The predicted molar refractivity (Wildman–Crippen MR) is 81.3 cm³/mol. The molecule has 106 valence electrons. The van der Waals surface area contributed by atoms with Crippen LogP contribution < -0.4 is 10.6 Å². The largest absolute Gasteiger partial charge is 0.375 e. The van der Waals surface area contributed by atoms with Gasteiger partial charge in [-0.2, -0.15) is 0 Å². The van der Waals surface area contributed by atoms with Crippen molar-refractivity contribution in [1.82, 2.24) is 4.98 Å². The van der Waals surface area contributed by atoms with Gasteiger partial charge in [-0.15, -0.1) is 0 Å². The summed E-state index contributed by atoms with van der Waals surface area (Å²) >= 11 is 1.37. The van der Waals surface area contributed by atoms with Gasteiger partial charge in [-0.05, 0) is 32.3 Å². The molecule has 0 spiro atoms. The number of aromatic nitrogens is 1. The molecule has 1 fully saturated rings. The number of fused-ring (bicyclic) bond motifs is 1. The first kappa shape index (κ1) is 13.1. The Balaban J connectivity index is 2.15. The molecular formula is C13H16N4O2S. The number of nitrogens with zero attached hydrogens (tertiary/aromatic N) is 3. The monoisotopic (exact) mass is 292 g/mol. The molecule has 0 aliphatic carbocycles. The van der Waals surface area contributed by atoms with Gasteiger partial charge in [-0.3, -0.25) is 10.1 Å². The zero-order chi connectivity index (χ0) is 14.3. The molecule has 0 saturated carbocycles. The lowest BCUT2D eigenvalue weighted by Crippen LogP contribution is -2.37. The zero-order valence-corrected chi connectivity index (χ0v) is 12.0. The second-order valence-electron chi connectivity index (χ2n) is 5.16. The third kappa shape index (κ3) is 2.18. The van der Waals surface area contributed by atoms with E-state index in [0.29, 0.717) is 22.4 Å². The lowest BCUT2D eigenvalue weighted by Gasteiger charge is -2.34. The molecule has 1 aliphatic rings. The molecule has 1 unspecified atom stereocenters. The maximum atomic E-state index is 11.3. The maximum absolute atomic E-state index is 11.3. The number of rotatable bonds is 2. The van der Waals surface area contributed by atoms with Gasteiger partial charge < -0.3 is 10.6 Å². The second-order valence-corrected chi connectivity index (χ2v) is 6.22. The summed E-state index contributed by atoms with van der Waals surface area (Å²) in [6, 6.07) is 3.73. The predicted octanol–water partition coefficient (Wildman–Crippen LogP) is 3.17. The van der Waals surface area contributed by atoms with Gasteiger partial charge in [0.1, 0.15) is 5.69 Å². The molecule has 0 amide bonds. The summed E-state index contributed by atoms with van der Waals surface area (Å²) in [6.07, 6.45) is 3.32. The summed E-state index contributed by atoms with van der Waals surface area (Å²) in [7, 11) is 0. The number of benzene rings is 1. The van der Waals surface area contributed by atoms with Crippen LogP contribution in [0.15, 0.2) is 12.1 Å². The molecule has 1 aliphatic heterocycles. The molecule has 7 heteroatoms. The van der Waals surface area contributed by atoms with Gasteiger partial charge in [0.15, 0.2) is 5.13 Å². The minimum atomic E-state index is -0.328. The van der Waals surface area contributed by atoms with E-state index in [0.717, 1.165) is 24.1 Å². The molecule has 2 aromatic rings. The van der Waals surface area contributed by atoms with Crippen LogP contribution in [0.25, 0.3) is 10.2 Å². The fraction of sp³-hybridized carbons (Fsp3) is 0.462. The van der Waals surface area contributed by atoms with Crippen LogP contribution in [-0.4, -0.2) is 22.5 Å². The summed E-state index contributed by atoms with van der Waals surface area (Å²) in [5, 5.41) is 11.8. The van der Waals surface area contributed by atoms with Crippen LogP contribution in [0, 0.1) is 10.1 Å². The molecule has 1 atom stereocenters. The van der Waals surface area contributed by atoms with Crippen LogP contribution >= 0.6 is 11.3 Å². The lowest BCUT2D eigenvalue weighted by atomic mass is 10.0. The Morgan fingerprint density at radius 3 is 3.00 bits per heavy atom. The SMILES string of the molecule is CC1CCCCN1c1cc2sc(N)nc2cc1[N+](=O)[O-]. The highest BCUT2D eigenvalue weighted by Gasteiger charge is 2.26. The Morgan fingerprint density at radius 1 is 1.50 bits per heavy atom. The van der Waals surface area contributed by atoms with E-state index in [2.05, 4.69) is 16.8 Å². The third-order valence-corrected chi connectivity index (χ3v) is 4.66. The zero-order valence-electron chi connectivity index (χ0n) is 11.2. The van der Waals surface area contributed by atoms with E-state index in [4.69, 9.17) is 5.73 Å². The van der Waals surface area contributed by atoms with E-state index in [1.54, 1.807) is 6.07 Å². The fourth-order valence-corrected chi connectivity index (χ4v) is 3.55. The molecular weight excluding hydrogens is 276 g/mol. The van der Waals surface area contributed by atoms with Crippen molar-refractivity contribution >= 4 is 38.1 Å². The molecule has 1 aromatic carbocycles. The highest BCUT2D eigenvalue weighted by atomic mass is 32.1. The van der Waals surface area contributed by atoms with Gasteiger partial charge in [0.05, 0.1) is 15.1 Å². The Bertz CT molecular complexity index is 670. The molecule has 2 heterocycles. The van der Waals surface area contributed by atoms with Crippen molar-refractivity contribution in [2.45, 2.75) is 32.2 Å². The molecule has 2 N–H and O–H groups in total. The number of thiazole rings is 1. The van der Waals surface area contributed by atoms with Crippen LogP contribution in [-0.2, 0) is 0 Å². The van der Waals surface area contributed by atoms with Gasteiger partial charge in [0.25, 0.3) is 5.69 Å². The van der Waals surface area contributed by atoms with E-state index in [1.165, 1.54) is 17.8 Å². The number of nitrogen functional groups attached to an aromatic ring is 1. The second kappa shape index (κ2) is 4.90. The van der Waals surface area contributed by atoms with Gasteiger partial charge in [0, 0.05) is 18.7 Å². The Morgan fingerprint density at radius 2 is 2.30 bits per heavy atom. The van der Waals surface area contributed by atoms with E-state index >= 15 is 0 Å². The molecule has 20 heavy (non-hydrogen) atoms. The molecule has 3 rings (SSSR count). The summed E-state index contributed by atoms with van der Waals surface area (Å²) < 4.78 is 0.904. The summed E-state index contributed by atoms with van der Waals surface area (Å²) in [4.78, 5) is 17.3. The van der Waals surface area contributed by atoms with Crippen molar-refractivity contribution in [2.24, 2.45) is 0 Å². The van der Waals surface area contributed by atoms with Crippen LogP contribution in [0.5, 0.6) is 0 Å². The molecule has 1 aromatic heterocycles. The van der Waals surface area contributed by atoms with Gasteiger partial charge in [-0.25, -0.2) is 4.98 Å². The smallest absolute Gasteiger partial charge is 0.294 e. The summed E-state index contributed by atoms with van der Waals surface area (Å²) in [5.74, 6) is 0. The third-order valence-electron chi connectivity index (χ3n) is 3.81. The number of nitrogens with two attached hydrogens (primary N) is 1. The average molecular weight is 292 g/mol.